The maximum atomic E-state index is 12.0. The molecule has 7 heteroatoms. The summed E-state index contributed by atoms with van der Waals surface area (Å²) in [6.45, 7) is 11.9. The summed E-state index contributed by atoms with van der Waals surface area (Å²) in [5.41, 5.74) is -0.211. The van der Waals surface area contributed by atoms with Gasteiger partial charge >= 0.3 is 0 Å². The van der Waals surface area contributed by atoms with Crippen LogP contribution in [0.2, 0.25) is 0 Å². The Labute approximate surface area is 123 Å². The molecular weight excluding hydrogens is 280 g/mol. The summed E-state index contributed by atoms with van der Waals surface area (Å²) in [6.07, 6.45) is 0. The Kier molecular flexibility index (Phi) is 5.61. The second-order valence-corrected chi connectivity index (χ2v) is 8.24. The van der Waals surface area contributed by atoms with Gasteiger partial charge in [0.25, 0.3) is 0 Å². The third kappa shape index (κ3) is 6.24. The Morgan fingerprint density at radius 3 is 2.42 bits per heavy atom. The summed E-state index contributed by atoms with van der Waals surface area (Å²) in [7, 11) is 0. The highest BCUT2D eigenvalue weighted by Crippen LogP contribution is 2.29. The Morgan fingerprint density at radius 2 is 1.89 bits per heavy atom. The fraction of sp³-hybridized carbons (Fsp3) is 0.750. The summed E-state index contributed by atoms with van der Waals surface area (Å²) in [6, 6.07) is 0.326. The molecule has 0 saturated heterocycles. The van der Waals surface area contributed by atoms with Crippen molar-refractivity contribution in [2.75, 3.05) is 5.32 Å². The summed E-state index contributed by atoms with van der Waals surface area (Å²) >= 11 is 2.91. The first kappa shape index (κ1) is 16.2. The van der Waals surface area contributed by atoms with E-state index in [4.69, 9.17) is 0 Å². The fourth-order valence-electron chi connectivity index (χ4n) is 1.24. The van der Waals surface area contributed by atoms with Crippen LogP contribution in [0.4, 0.5) is 5.13 Å². The van der Waals surface area contributed by atoms with Gasteiger partial charge in [0.1, 0.15) is 0 Å². The van der Waals surface area contributed by atoms with Crippen LogP contribution >= 0.6 is 23.1 Å². The molecule has 0 saturated carbocycles. The number of hydrogen-bond acceptors (Lipinski definition) is 6. The first-order valence-corrected chi connectivity index (χ1v) is 7.95. The van der Waals surface area contributed by atoms with Crippen LogP contribution in [-0.2, 0) is 4.79 Å². The average Bonchev–Trinajstić information content (AvgIpc) is 2.61. The van der Waals surface area contributed by atoms with Gasteiger partial charge in [0, 0.05) is 11.6 Å². The number of aromatic nitrogens is 2. The van der Waals surface area contributed by atoms with Crippen molar-refractivity contribution < 1.29 is 4.79 Å². The van der Waals surface area contributed by atoms with Crippen molar-refractivity contribution in [1.29, 1.82) is 0 Å². The second kappa shape index (κ2) is 6.56. The molecule has 1 aromatic rings. The number of amides is 1. The first-order chi connectivity index (χ1) is 8.67. The SMILES string of the molecule is CC(C)Nc1nnc(S[C@@H](C)C(=O)NC(C)(C)C)s1. The summed E-state index contributed by atoms with van der Waals surface area (Å²) in [4.78, 5) is 12.0. The number of anilines is 1. The summed E-state index contributed by atoms with van der Waals surface area (Å²) in [5, 5.41) is 14.9. The predicted octanol–water partition coefficient (Wildman–Crippen LogP) is 2.75. The maximum Gasteiger partial charge on any atom is 0.233 e. The van der Waals surface area contributed by atoms with E-state index in [0.29, 0.717) is 6.04 Å². The van der Waals surface area contributed by atoms with Crippen LogP contribution in [0.5, 0.6) is 0 Å². The van der Waals surface area contributed by atoms with E-state index in [0.717, 1.165) is 9.47 Å². The second-order valence-electron chi connectivity index (χ2n) is 5.67. The van der Waals surface area contributed by atoms with E-state index >= 15 is 0 Å². The minimum absolute atomic E-state index is 0.0195. The molecule has 0 radical (unpaired) electrons. The van der Waals surface area contributed by atoms with Crippen molar-refractivity contribution in [2.24, 2.45) is 0 Å². The number of hydrogen-bond donors (Lipinski definition) is 2. The van der Waals surface area contributed by atoms with Gasteiger partial charge in [0.05, 0.1) is 5.25 Å². The molecule has 0 aliphatic rings. The molecule has 5 nitrogen and oxygen atoms in total. The van der Waals surface area contributed by atoms with Crippen molar-refractivity contribution in [1.82, 2.24) is 15.5 Å². The quantitative estimate of drug-likeness (QED) is 0.819. The van der Waals surface area contributed by atoms with Gasteiger partial charge in [0.15, 0.2) is 4.34 Å². The molecule has 0 aromatic carbocycles. The molecule has 0 fully saturated rings. The lowest BCUT2D eigenvalue weighted by molar-refractivity contribution is -0.121. The van der Waals surface area contributed by atoms with Crippen LogP contribution in [0.15, 0.2) is 4.34 Å². The van der Waals surface area contributed by atoms with Crippen molar-refractivity contribution in [3.63, 3.8) is 0 Å². The van der Waals surface area contributed by atoms with Gasteiger partial charge in [-0.1, -0.05) is 23.1 Å². The molecule has 0 bridgehead atoms. The van der Waals surface area contributed by atoms with E-state index in [1.54, 1.807) is 0 Å². The zero-order valence-electron chi connectivity index (χ0n) is 12.3. The molecule has 0 aliphatic heterocycles. The first-order valence-electron chi connectivity index (χ1n) is 6.26. The highest BCUT2D eigenvalue weighted by molar-refractivity contribution is 8.02. The number of nitrogens with one attached hydrogen (secondary N) is 2. The van der Waals surface area contributed by atoms with Crippen LogP contribution in [-0.4, -0.2) is 32.9 Å². The zero-order valence-corrected chi connectivity index (χ0v) is 13.9. The Balaban J connectivity index is 2.54. The van der Waals surface area contributed by atoms with E-state index < -0.39 is 0 Å². The van der Waals surface area contributed by atoms with Crippen molar-refractivity contribution in [3.05, 3.63) is 0 Å². The molecule has 0 spiro atoms. The van der Waals surface area contributed by atoms with Crippen LogP contribution < -0.4 is 10.6 Å². The molecule has 108 valence electrons. The number of rotatable bonds is 5. The molecule has 2 N–H and O–H groups in total. The Bertz CT molecular complexity index is 426. The van der Waals surface area contributed by atoms with Crippen molar-refractivity contribution in [2.45, 2.75) is 62.7 Å². The number of nitrogens with zero attached hydrogens (tertiary/aromatic N) is 2. The number of thioether (sulfide) groups is 1. The van der Waals surface area contributed by atoms with E-state index in [2.05, 4.69) is 20.8 Å². The van der Waals surface area contributed by atoms with Crippen LogP contribution in [0, 0.1) is 0 Å². The Morgan fingerprint density at radius 1 is 1.26 bits per heavy atom. The van der Waals surface area contributed by atoms with Crippen molar-refractivity contribution in [3.8, 4) is 0 Å². The standard InChI is InChI=1S/C12H22N4OS2/c1-7(2)13-10-15-16-11(19-10)18-8(3)9(17)14-12(4,5)6/h7-8H,1-6H3,(H,13,15)(H,14,17)/t8-/m0/s1. The maximum absolute atomic E-state index is 12.0. The minimum atomic E-state index is -0.211. The molecule has 0 unspecified atom stereocenters. The molecule has 1 atom stereocenters. The molecular formula is C12H22N4OS2. The van der Waals surface area contributed by atoms with Gasteiger partial charge < -0.3 is 10.6 Å². The van der Waals surface area contributed by atoms with Gasteiger partial charge in [-0.05, 0) is 41.5 Å². The van der Waals surface area contributed by atoms with Gasteiger partial charge in [-0.3, -0.25) is 4.79 Å². The summed E-state index contributed by atoms with van der Waals surface area (Å²) in [5.74, 6) is 0.0195. The van der Waals surface area contributed by atoms with E-state index in [1.165, 1.54) is 23.1 Å². The number of carbonyl (C=O) groups excluding carboxylic acids is 1. The third-order valence-electron chi connectivity index (χ3n) is 1.96. The topological polar surface area (TPSA) is 66.9 Å². The van der Waals surface area contributed by atoms with E-state index in [-0.39, 0.29) is 16.7 Å². The van der Waals surface area contributed by atoms with Crippen LogP contribution in [0.25, 0.3) is 0 Å². The molecule has 0 aliphatic carbocycles. The fourth-order valence-corrected chi connectivity index (χ4v) is 3.28. The number of carbonyl (C=O) groups is 1. The Hall–Kier alpha value is -0.820. The molecule has 1 rings (SSSR count). The van der Waals surface area contributed by atoms with Gasteiger partial charge in [-0.25, -0.2) is 0 Å². The monoisotopic (exact) mass is 302 g/mol. The highest BCUT2D eigenvalue weighted by atomic mass is 32.2. The molecule has 1 aromatic heterocycles. The predicted molar refractivity (Wildman–Crippen MR) is 81.9 cm³/mol. The summed E-state index contributed by atoms with van der Waals surface area (Å²) < 4.78 is 0.805. The highest BCUT2D eigenvalue weighted by Gasteiger charge is 2.21. The van der Waals surface area contributed by atoms with Crippen LogP contribution in [0.3, 0.4) is 0 Å². The van der Waals surface area contributed by atoms with Gasteiger partial charge in [0.2, 0.25) is 11.0 Å². The van der Waals surface area contributed by atoms with Crippen molar-refractivity contribution >= 4 is 34.1 Å². The lowest BCUT2D eigenvalue weighted by atomic mass is 10.1. The minimum Gasteiger partial charge on any atom is -0.358 e. The van der Waals surface area contributed by atoms with E-state index in [9.17, 15) is 4.79 Å². The van der Waals surface area contributed by atoms with E-state index in [1.807, 2.05) is 41.5 Å². The zero-order chi connectivity index (χ0) is 14.6. The normalized spacial score (nSPS) is 13.4. The van der Waals surface area contributed by atoms with Crippen LogP contribution in [0.1, 0.15) is 41.5 Å². The largest absolute Gasteiger partial charge is 0.358 e. The lowest BCUT2D eigenvalue weighted by Crippen LogP contribution is -2.44. The molecule has 1 amide bonds. The lowest BCUT2D eigenvalue weighted by Gasteiger charge is -2.22. The molecule has 19 heavy (non-hydrogen) atoms. The van der Waals surface area contributed by atoms with Gasteiger partial charge in [-0.15, -0.1) is 10.2 Å². The third-order valence-corrected chi connectivity index (χ3v) is 4.00. The molecule has 1 heterocycles. The van der Waals surface area contributed by atoms with Gasteiger partial charge in [-0.2, -0.15) is 0 Å². The average molecular weight is 302 g/mol. The smallest absolute Gasteiger partial charge is 0.233 e.